The Bertz CT molecular complexity index is 680. The quantitative estimate of drug-likeness (QED) is 0.319. The molecule has 0 spiro atoms. The molecule has 0 aromatic heterocycles. The fraction of sp³-hybridized carbons (Fsp3) is 0.636. The fourth-order valence-electron chi connectivity index (χ4n) is 6.29. The molecule has 0 aliphatic heterocycles. The van der Waals surface area contributed by atoms with Crippen molar-refractivity contribution in [2.45, 2.75) is 63.0 Å². The van der Waals surface area contributed by atoms with E-state index >= 15 is 0 Å². The first-order chi connectivity index (χ1) is 12.0. The summed E-state index contributed by atoms with van der Waals surface area (Å²) in [6, 6.07) is 0. The molecular formula is C22H29Cl2Hf. The van der Waals surface area contributed by atoms with Crippen LogP contribution in [0.3, 0.4) is 0 Å². The molecule has 4 aliphatic carbocycles. The van der Waals surface area contributed by atoms with Gasteiger partial charge in [0, 0.05) is 0 Å². The SMILES string of the molecule is CCC1=C2CCC3C(C4=CC=CC4)CCC(=C2C3C(C)C)[CH]1[Hf]([Cl])[Cl]. The van der Waals surface area contributed by atoms with E-state index in [1.165, 1.54) is 32.1 Å². The number of halogens is 2. The summed E-state index contributed by atoms with van der Waals surface area (Å²) < 4.78 is 0.498. The first-order valence-electron chi connectivity index (χ1n) is 10.0. The fourth-order valence-corrected chi connectivity index (χ4v) is 14.9. The Balaban J connectivity index is 1.81. The summed E-state index contributed by atoms with van der Waals surface area (Å²) in [6.07, 6.45) is 14.5. The average molecular weight is 543 g/mol. The molecule has 4 atom stereocenters. The Hall–Kier alpha value is 0.410. The van der Waals surface area contributed by atoms with Gasteiger partial charge in [-0.3, -0.25) is 0 Å². The van der Waals surface area contributed by atoms with Gasteiger partial charge in [0.05, 0.1) is 0 Å². The van der Waals surface area contributed by atoms with E-state index in [0.29, 0.717) is 9.59 Å². The predicted octanol–water partition coefficient (Wildman–Crippen LogP) is 7.70. The van der Waals surface area contributed by atoms with Crippen molar-refractivity contribution in [3.63, 3.8) is 0 Å². The van der Waals surface area contributed by atoms with E-state index in [4.69, 9.17) is 17.2 Å². The second kappa shape index (κ2) is 7.44. The van der Waals surface area contributed by atoms with Crippen LogP contribution in [-0.2, 0) is 19.1 Å². The third-order valence-corrected chi connectivity index (χ3v) is 14.8. The van der Waals surface area contributed by atoms with Gasteiger partial charge in [-0.25, -0.2) is 0 Å². The van der Waals surface area contributed by atoms with Crippen LogP contribution in [0.2, 0.25) is 3.67 Å². The van der Waals surface area contributed by atoms with E-state index < -0.39 is 19.1 Å². The van der Waals surface area contributed by atoms with Gasteiger partial charge in [-0.15, -0.1) is 0 Å². The first kappa shape index (κ1) is 18.8. The van der Waals surface area contributed by atoms with E-state index in [1.807, 2.05) is 0 Å². The van der Waals surface area contributed by atoms with Crippen LogP contribution in [0, 0.1) is 23.7 Å². The molecule has 2 bridgehead atoms. The molecule has 0 aromatic carbocycles. The number of rotatable bonds is 4. The zero-order valence-corrected chi connectivity index (χ0v) is 20.7. The second-order valence-electron chi connectivity index (χ2n) is 8.51. The second-order valence-corrected chi connectivity index (χ2v) is 20.9. The van der Waals surface area contributed by atoms with Gasteiger partial charge in [0.2, 0.25) is 0 Å². The Morgan fingerprint density at radius 3 is 2.60 bits per heavy atom. The van der Waals surface area contributed by atoms with Gasteiger partial charge in [0.1, 0.15) is 0 Å². The van der Waals surface area contributed by atoms with Gasteiger partial charge in [0.15, 0.2) is 0 Å². The van der Waals surface area contributed by atoms with Crippen LogP contribution >= 0.6 is 17.2 Å². The standard InChI is InChI=1S/C22H29.2ClH.Hf/c1-4-15-13-17-9-10-18(16-7-5-6-8-16)20-12-11-19(15)22(17)21(20)14(2)3;;;/h5-7,13-14,18,20-21H,4,8-12H2,1-3H3;2*1H;/q;;;+2/p-2. The van der Waals surface area contributed by atoms with Gasteiger partial charge in [0.25, 0.3) is 0 Å². The minimum atomic E-state index is -2.52. The van der Waals surface area contributed by atoms with Crippen LogP contribution in [0.4, 0.5) is 0 Å². The van der Waals surface area contributed by atoms with Crippen molar-refractivity contribution in [2.75, 3.05) is 0 Å². The molecular weight excluding hydrogens is 514 g/mol. The number of fused-ring (bicyclic) bond motifs is 1. The maximum atomic E-state index is 6.75. The van der Waals surface area contributed by atoms with Crippen molar-refractivity contribution in [1.29, 1.82) is 0 Å². The van der Waals surface area contributed by atoms with Gasteiger partial charge in [-0.05, 0) is 0 Å². The Labute approximate surface area is 168 Å². The summed E-state index contributed by atoms with van der Waals surface area (Å²) in [4.78, 5) is 0. The normalized spacial score (nSPS) is 34.1. The molecule has 0 aromatic rings. The Morgan fingerprint density at radius 2 is 2.00 bits per heavy atom. The van der Waals surface area contributed by atoms with Crippen molar-refractivity contribution in [3.05, 3.63) is 46.1 Å². The summed E-state index contributed by atoms with van der Waals surface area (Å²) in [6.45, 7) is 7.20. The maximum absolute atomic E-state index is 6.75. The molecule has 1 fully saturated rings. The Kier molecular flexibility index (Phi) is 5.58. The van der Waals surface area contributed by atoms with Crippen molar-refractivity contribution in [2.24, 2.45) is 23.7 Å². The number of hydrogen-bond acceptors (Lipinski definition) is 0. The predicted molar refractivity (Wildman–Crippen MR) is 105 cm³/mol. The van der Waals surface area contributed by atoms with Crippen LogP contribution < -0.4 is 0 Å². The number of allylic oxidation sites excluding steroid dienone is 8. The molecule has 135 valence electrons. The average Bonchev–Trinajstić information content (AvgIpc) is 3.19. The van der Waals surface area contributed by atoms with Crippen LogP contribution in [-0.4, -0.2) is 0 Å². The summed E-state index contributed by atoms with van der Waals surface area (Å²) in [7, 11) is 13.5. The van der Waals surface area contributed by atoms with Crippen LogP contribution in [0.25, 0.3) is 0 Å². The van der Waals surface area contributed by atoms with Gasteiger partial charge >= 0.3 is 169 Å². The van der Waals surface area contributed by atoms with E-state index in [-0.39, 0.29) is 0 Å². The van der Waals surface area contributed by atoms with Crippen molar-refractivity contribution in [1.82, 2.24) is 0 Å². The molecule has 0 saturated heterocycles. The summed E-state index contributed by atoms with van der Waals surface area (Å²) in [5.41, 5.74) is 8.51. The van der Waals surface area contributed by atoms with Crippen molar-refractivity contribution < 1.29 is 19.1 Å². The van der Waals surface area contributed by atoms with Crippen molar-refractivity contribution >= 4 is 17.2 Å². The summed E-state index contributed by atoms with van der Waals surface area (Å²) in [5.74, 6) is 3.01. The van der Waals surface area contributed by atoms with Crippen molar-refractivity contribution in [3.8, 4) is 0 Å². The van der Waals surface area contributed by atoms with Crippen LogP contribution in [0.1, 0.15) is 59.3 Å². The third-order valence-electron chi connectivity index (χ3n) is 7.11. The monoisotopic (exact) mass is 543 g/mol. The first-order valence-corrected chi connectivity index (χ1v) is 21.0. The van der Waals surface area contributed by atoms with Crippen LogP contribution in [0.5, 0.6) is 0 Å². The molecule has 0 N–H and O–H groups in total. The topological polar surface area (TPSA) is 0 Å². The van der Waals surface area contributed by atoms with Gasteiger partial charge in [-0.1, -0.05) is 0 Å². The zero-order valence-electron chi connectivity index (χ0n) is 15.6. The van der Waals surface area contributed by atoms with Gasteiger partial charge in [-0.2, -0.15) is 0 Å². The van der Waals surface area contributed by atoms with E-state index in [2.05, 4.69) is 39.0 Å². The number of hydrogen-bond donors (Lipinski definition) is 0. The molecule has 1 saturated carbocycles. The van der Waals surface area contributed by atoms with Gasteiger partial charge < -0.3 is 0 Å². The molecule has 0 heterocycles. The molecule has 4 unspecified atom stereocenters. The molecule has 0 amide bonds. The zero-order chi connectivity index (χ0) is 17.7. The molecule has 0 radical (unpaired) electrons. The van der Waals surface area contributed by atoms with Crippen LogP contribution in [0.15, 0.2) is 46.1 Å². The molecule has 25 heavy (non-hydrogen) atoms. The summed E-state index contributed by atoms with van der Waals surface area (Å²) in [5, 5.41) is 0. The molecule has 3 heteroatoms. The van der Waals surface area contributed by atoms with E-state index in [1.54, 1.807) is 27.9 Å². The summed E-state index contributed by atoms with van der Waals surface area (Å²) >= 11 is -2.52. The molecule has 4 rings (SSSR count). The molecule has 4 aliphatic rings. The third kappa shape index (κ3) is 3.05. The Morgan fingerprint density at radius 1 is 1.20 bits per heavy atom. The van der Waals surface area contributed by atoms with E-state index in [9.17, 15) is 0 Å². The minimum absolute atomic E-state index is 0.498. The molecule has 0 nitrogen and oxygen atoms in total. The van der Waals surface area contributed by atoms with E-state index in [0.717, 1.165) is 24.2 Å².